The van der Waals surface area contributed by atoms with E-state index in [0.29, 0.717) is 18.8 Å². The molecule has 1 aliphatic rings. The summed E-state index contributed by atoms with van der Waals surface area (Å²) < 4.78 is 5.47. The van der Waals surface area contributed by atoms with Crippen molar-refractivity contribution in [3.63, 3.8) is 0 Å². The molecule has 23 heavy (non-hydrogen) atoms. The second kappa shape index (κ2) is 6.83. The first-order valence-corrected chi connectivity index (χ1v) is 7.93. The Morgan fingerprint density at radius 2 is 2.26 bits per heavy atom. The lowest BCUT2D eigenvalue weighted by atomic mass is 10.0. The number of H-pyrrole nitrogens is 1. The highest BCUT2D eigenvalue weighted by molar-refractivity contribution is 5.92. The van der Waals surface area contributed by atoms with E-state index in [4.69, 9.17) is 4.74 Å². The van der Waals surface area contributed by atoms with Crippen molar-refractivity contribution in [1.82, 2.24) is 20.4 Å². The van der Waals surface area contributed by atoms with Crippen LogP contribution < -0.4 is 10.1 Å². The fourth-order valence-electron chi connectivity index (χ4n) is 2.97. The molecule has 2 N–H and O–H groups in total. The molecule has 1 amide bonds. The smallest absolute Gasteiger partial charge is 0.274 e. The standard InChI is InChI=1S/C17H22N4O2/c1-3-12-10-14(20-19-12)17(22)21-9-8-18-11-15(21)13-6-4-5-7-16(13)23-2/h4-7,10,15,18H,3,8-9,11H2,1-2H3,(H,19,20). The zero-order chi connectivity index (χ0) is 16.2. The summed E-state index contributed by atoms with van der Waals surface area (Å²) in [4.78, 5) is 14.8. The number of hydrogen-bond donors (Lipinski definition) is 2. The van der Waals surface area contributed by atoms with Gasteiger partial charge in [-0.1, -0.05) is 25.1 Å². The molecule has 6 nitrogen and oxygen atoms in total. The zero-order valence-corrected chi connectivity index (χ0v) is 13.5. The van der Waals surface area contributed by atoms with E-state index in [1.807, 2.05) is 42.2 Å². The number of carbonyl (C=O) groups excluding carboxylic acids is 1. The van der Waals surface area contributed by atoms with Crippen molar-refractivity contribution in [2.75, 3.05) is 26.7 Å². The molecule has 0 saturated carbocycles. The van der Waals surface area contributed by atoms with Gasteiger partial charge in [0.25, 0.3) is 5.91 Å². The van der Waals surface area contributed by atoms with Crippen LogP contribution in [0.15, 0.2) is 30.3 Å². The fraction of sp³-hybridized carbons (Fsp3) is 0.412. The molecule has 6 heteroatoms. The number of amides is 1. The van der Waals surface area contributed by atoms with E-state index < -0.39 is 0 Å². The monoisotopic (exact) mass is 314 g/mol. The summed E-state index contributed by atoms with van der Waals surface area (Å²) in [6, 6.07) is 9.62. The third-order valence-corrected chi connectivity index (χ3v) is 4.23. The average molecular weight is 314 g/mol. The number of methoxy groups -OCH3 is 1. The molecule has 3 rings (SSSR count). The molecule has 2 heterocycles. The topological polar surface area (TPSA) is 70.2 Å². The number of benzene rings is 1. The van der Waals surface area contributed by atoms with Crippen LogP contribution in [0.4, 0.5) is 0 Å². The van der Waals surface area contributed by atoms with Crippen molar-refractivity contribution in [3.05, 3.63) is 47.3 Å². The molecular weight excluding hydrogens is 292 g/mol. The van der Waals surface area contributed by atoms with Gasteiger partial charge < -0.3 is 15.0 Å². The molecule has 1 aromatic heterocycles. The van der Waals surface area contributed by atoms with Crippen molar-refractivity contribution < 1.29 is 9.53 Å². The normalized spacial score (nSPS) is 18.0. The largest absolute Gasteiger partial charge is 0.496 e. The minimum atomic E-state index is -0.0609. The lowest BCUT2D eigenvalue weighted by Gasteiger charge is -2.36. The van der Waals surface area contributed by atoms with E-state index >= 15 is 0 Å². The highest BCUT2D eigenvalue weighted by atomic mass is 16.5. The number of nitrogens with zero attached hydrogens (tertiary/aromatic N) is 2. The van der Waals surface area contributed by atoms with Gasteiger partial charge in [-0.05, 0) is 18.6 Å². The van der Waals surface area contributed by atoms with E-state index in [9.17, 15) is 4.79 Å². The summed E-state index contributed by atoms with van der Waals surface area (Å²) >= 11 is 0. The first kappa shape index (κ1) is 15.6. The van der Waals surface area contributed by atoms with Crippen LogP contribution in [0, 0.1) is 0 Å². The van der Waals surface area contributed by atoms with E-state index in [1.165, 1.54) is 0 Å². The molecule has 122 valence electrons. The molecule has 0 radical (unpaired) electrons. The Morgan fingerprint density at radius 3 is 3.00 bits per heavy atom. The maximum atomic E-state index is 12.9. The molecule has 1 unspecified atom stereocenters. The number of carbonyl (C=O) groups is 1. The number of aryl methyl sites for hydroxylation is 1. The summed E-state index contributed by atoms with van der Waals surface area (Å²) in [5, 5.41) is 10.4. The number of nitrogens with one attached hydrogen (secondary N) is 2. The summed E-state index contributed by atoms with van der Waals surface area (Å²) in [5.41, 5.74) is 2.46. The summed E-state index contributed by atoms with van der Waals surface area (Å²) in [5.74, 6) is 0.758. The number of aromatic nitrogens is 2. The highest BCUT2D eigenvalue weighted by Crippen LogP contribution is 2.30. The second-order valence-electron chi connectivity index (χ2n) is 5.59. The average Bonchev–Trinajstić information content (AvgIpc) is 3.10. The van der Waals surface area contributed by atoms with Crippen molar-refractivity contribution in [2.24, 2.45) is 0 Å². The van der Waals surface area contributed by atoms with Crippen LogP contribution in [0.1, 0.15) is 34.7 Å². The maximum Gasteiger partial charge on any atom is 0.274 e. The summed E-state index contributed by atoms with van der Waals surface area (Å²) in [7, 11) is 1.66. The molecule has 0 spiro atoms. The van der Waals surface area contributed by atoms with E-state index in [1.54, 1.807) is 7.11 Å². The predicted octanol–water partition coefficient (Wildman–Crippen LogP) is 1.77. The Bertz CT molecular complexity index is 683. The summed E-state index contributed by atoms with van der Waals surface area (Å²) in [6.45, 7) is 4.17. The van der Waals surface area contributed by atoms with Crippen LogP contribution in [0.2, 0.25) is 0 Å². The number of rotatable bonds is 4. The minimum absolute atomic E-state index is 0.0432. The van der Waals surface area contributed by atoms with E-state index in [2.05, 4.69) is 15.5 Å². The van der Waals surface area contributed by atoms with Crippen molar-refractivity contribution in [1.29, 1.82) is 0 Å². The van der Waals surface area contributed by atoms with Gasteiger partial charge in [0.05, 0.1) is 13.2 Å². The predicted molar refractivity (Wildman–Crippen MR) is 87.6 cm³/mol. The number of para-hydroxylation sites is 1. The van der Waals surface area contributed by atoms with Crippen molar-refractivity contribution in [2.45, 2.75) is 19.4 Å². The van der Waals surface area contributed by atoms with Gasteiger partial charge in [-0.15, -0.1) is 0 Å². The van der Waals surface area contributed by atoms with Crippen molar-refractivity contribution >= 4 is 5.91 Å². The van der Waals surface area contributed by atoms with Gasteiger partial charge >= 0.3 is 0 Å². The molecule has 1 fully saturated rings. The van der Waals surface area contributed by atoms with Crippen LogP contribution in [-0.4, -0.2) is 47.7 Å². The Balaban J connectivity index is 1.90. The second-order valence-corrected chi connectivity index (χ2v) is 5.59. The van der Waals surface area contributed by atoms with Crippen LogP contribution in [0.5, 0.6) is 5.75 Å². The lowest BCUT2D eigenvalue weighted by molar-refractivity contribution is 0.0625. The Morgan fingerprint density at radius 1 is 1.43 bits per heavy atom. The van der Waals surface area contributed by atoms with Gasteiger partial charge in [-0.2, -0.15) is 5.10 Å². The molecule has 2 aromatic rings. The Hall–Kier alpha value is -2.34. The lowest BCUT2D eigenvalue weighted by Crippen LogP contribution is -2.48. The molecule has 1 atom stereocenters. The number of piperazine rings is 1. The molecule has 1 aromatic carbocycles. The minimum Gasteiger partial charge on any atom is -0.496 e. The van der Waals surface area contributed by atoms with Gasteiger partial charge in [0.15, 0.2) is 0 Å². The van der Waals surface area contributed by atoms with E-state index in [0.717, 1.165) is 30.0 Å². The van der Waals surface area contributed by atoms with Crippen LogP contribution in [0.3, 0.4) is 0 Å². The van der Waals surface area contributed by atoms with Gasteiger partial charge in [0, 0.05) is 30.9 Å². The molecular formula is C17H22N4O2. The van der Waals surface area contributed by atoms with Crippen LogP contribution in [-0.2, 0) is 6.42 Å². The fourth-order valence-corrected chi connectivity index (χ4v) is 2.97. The molecule has 0 aliphatic carbocycles. The molecule has 1 aliphatic heterocycles. The van der Waals surface area contributed by atoms with Gasteiger partial charge in [-0.25, -0.2) is 0 Å². The van der Waals surface area contributed by atoms with Crippen LogP contribution >= 0.6 is 0 Å². The third-order valence-electron chi connectivity index (χ3n) is 4.23. The third kappa shape index (κ3) is 3.07. The zero-order valence-electron chi connectivity index (χ0n) is 13.5. The number of hydrogen-bond acceptors (Lipinski definition) is 4. The molecule has 1 saturated heterocycles. The summed E-state index contributed by atoms with van der Waals surface area (Å²) in [6.07, 6.45) is 0.831. The maximum absolute atomic E-state index is 12.9. The molecule has 0 bridgehead atoms. The number of aromatic amines is 1. The SMILES string of the molecule is CCc1cc(C(=O)N2CCNCC2c2ccccc2OC)n[nH]1. The Labute approximate surface area is 135 Å². The van der Waals surface area contributed by atoms with Gasteiger partial charge in [0.1, 0.15) is 11.4 Å². The van der Waals surface area contributed by atoms with E-state index in [-0.39, 0.29) is 11.9 Å². The van der Waals surface area contributed by atoms with Crippen molar-refractivity contribution in [3.8, 4) is 5.75 Å². The quantitative estimate of drug-likeness (QED) is 0.902. The first-order valence-electron chi connectivity index (χ1n) is 7.93. The number of ether oxygens (including phenoxy) is 1. The van der Waals surface area contributed by atoms with Gasteiger partial charge in [-0.3, -0.25) is 9.89 Å². The first-order chi connectivity index (χ1) is 11.2. The van der Waals surface area contributed by atoms with Crippen LogP contribution in [0.25, 0.3) is 0 Å². The Kier molecular flexibility index (Phi) is 4.62. The van der Waals surface area contributed by atoms with Gasteiger partial charge in [0.2, 0.25) is 0 Å². The highest BCUT2D eigenvalue weighted by Gasteiger charge is 2.31.